The van der Waals surface area contributed by atoms with Gasteiger partial charge in [0, 0.05) is 51.4 Å². The van der Waals surface area contributed by atoms with E-state index in [9.17, 15) is 9.59 Å². The summed E-state index contributed by atoms with van der Waals surface area (Å²) in [6.07, 6.45) is 8.41. The zero-order valence-corrected chi connectivity index (χ0v) is 16.7. The second-order valence-electron chi connectivity index (χ2n) is 8.35. The third-order valence-corrected chi connectivity index (χ3v) is 6.76. The lowest BCUT2D eigenvalue weighted by Crippen LogP contribution is -2.47. The molecule has 0 amide bonds. The highest BCUT2D eigenvalue weighted by molar-refractivity contribution is 6.12. The predicted molar refractivity (Wildman–Crippen MR) is 107 cm³/mol. The Morgan fingerprint density at radius 1 is 0.786 bits per heavy atom. The average molecular weight is 386 g/mol. The van der Waals surface area contributed by atoms with Crippen LogP contribution in [0.2, 0.25) is 0 Å². The van der Waals surface area contributed by atoms with Gasteiger partial charge in [0.2, 0.25) is 5.95 Å². The Kier molecular flexibility index (Phi) is 6.01. The van der Waals surface area contributed by atoms with E-state index in [1.807, 2.05) is 6.07 Å². The van der Waals surface area contributed by atoms with Gasteiger partial charge in [-0.1, -0.05) is 0 Å². The SMILES string of the molecule is O=C1CCC(=O)C12CCN(CCCCN1CCN(c3ncccn3)CC1)CC2. The van der Waals surface area contributed by atoms with Crippen molar-refractivity contribution < 1.29 is 9.59 Å². The van der Waals surface area contributed by atoms with Crippen LogP contribution in [0, 0.1) is 5.41 Å². The number of piperidine rings is 1. The van der Waals surface area contributed by atoms with Crippen LogP contribution >= 0.6 is 0 Å². The normalized spacial score (nSPS) is 23.6. The molecule has 1 aliphatic carbocycles. The Labute approximate surface area is 167 Å². The van der Waals surface area contributed by atoms with Gasteiger partial charge in [0.1, 0.15) is 11.6 Å². The summed E-state index contributed by atoms with van der Waals surface area (Å²) < 4.78 is 0. The van der Waals surface area contributed by atoms with Gasteiger partial charge in [-0.25, -0.2) is 9.97 Å². The summed E-state index contributed by atoms with van der Waals surface area (Å²) >= 11 is 0. The lowest BCUT2D eigenvalue weighted by molar-refractivity contribution is -0.138. The van der Waals surface area contributed by atoms with E-state index in [1.54, 1.807) is 12.4 Å². The first-order chi connectivity index (χ1) is 13.7. The Morgan fingerprint density at radius 3 is 1.89 bits per heavy atom. The zero-order chi connectivity index (χ0) is 19.4. The number of aromatic nitrogens is 2. The van der Waals surface area contributed by atoms with Gasteiger partial charge < -0.3 is 9.80 Å². The molecule has 1 aromatic rings. The Bertz CT molecular complexity index is 661. The zero-order valence-electron chi connectivity index (χ0n) is 16.7. The highest BCUT2D eigenvalue weighted by Crippen LogP contribution is 2.40. The van der Waals surface area contributed by atoms with Crippen LogP contribution < -0.4 is 4.90 Å². The summed E-state index contributed by atoms with van der Waals surface area (Å²) in [5.74, 6) is 1.25. The van der Waals surface area contributed by atoms with E-state index in [4.69, 9.17) is 0 Å². The van der Waals surface area contributed by atoms with Crippen molar-refractivity contribution in [3.8, 4) is 0 Å². The lowest BCUT2D eigenvalue weighted by atomic mass is 9.75. The second-order valence-corrected chi connectivity index (χ2v) is 8.35. The van der Waals surface area contributed by atoms with E-state index in [2.05, 4.69) is 24.7 Å². The number of hydrogen-bond acceptors (Lipinski definition) is 7. The fourth-order valence-corrected chi connectivity index (χ4v) is 4.87. The lowest BCUT2D eigenvalue weighted by Gasteiger charge is -2.37. The van der Waals surface area contributed by atoms with Crippen LogP contribution in [0.15, 0.2) is 18.5 Å². The van der Waals surface area contributed by atoms with Crippen LogP contribution in [-0.2, 0) is 9.59 Å². The molecule has 7 nitrogen and oxygen atoms in total. The van der Waals surface area contributed by atoms with Crippen molar-refractivity contribution in [1.29, 1.82) is 0 Å². The number of Topliss-reactive ketones (excluding diaryl/α,β-unsaturated/α-hetero) is 2. The standard InChI is InChI=1S/C21H31N5O2/c27-18-4-5-19(28)21(18)6-12-24(13-7-21)10-1-2-11-25-14-16-26(17-15-25)20-22-8-3-9-23-20/h3,8-9H,1-2,4-7,10-17H2. The molecule has 0 aromatic carbocycles. The quantitative estimate of drug-likeness (QED) is 0.541. The average Bonchev–Trinajstić information content (AvgIpc) is 3.02. The highest BCUT2D eigenvalue weighted by atomic mass is 16.2. The van der Waals surface area contributed by atoms with Crippen molar-refractivity contribution in [2.24, 2.45) is 5.41 Å². The van der Waals surface area contributed by atoms with Crippen LogP contribution in [0.3, 0.4) is 0 Å². The summed E-state index contributed by atoms with van der Waals surface area (Å²) in [4.78, 5) is 40.2. The topological polar surface area (TPSA) is 69.6 Å². The molecule has 152 valence electrons. The highest BCUT2D eigenvalue weighted by Gasteiger charge is 2.50. The fraction of sp³-hybridized carbons (Fsp3) is 0.714. The molecule has 0 radical (unpaired) electrons. The number of nitrogens with zero attached hydrogens (tertiary/aromatic N) is 5. The number of carbonyl (C=O) groups is 2. The molecular formula is C21H31N5O2. The molecule has 2 saturated heterocycles. The van der Waals surface area contributed by atoms with Crippen LogP contribution in [0.4, 0.5) is 5.95 Å². The number of ketones is 2. The third kappa shape index (κ3) is 4.10. The van der Waals surface area contributed by atoms with Gasteiger partial charge in [0.05, 0.1) is 5.41 Å². The molecule has 0 atom stereocenters. The van der Waals surface area contributed by atoms with E-state index < -0.39 is 5.41 Å². The summed E-state index contributed by atoms with van der Waals surface area (Å²) in [6.45, 7) is 8.11. The van der Waals surface area contributed by atoms with Gasteiger partial charge >= 0.3 is 0 Å². The van der Waals surface area contributed by atoms with Crippen molar-refractivity contribution in [3.05, 3.63) is 18.5 Å². The fourth-order valence-electron chi connectivity index (χ4n) is 4.87. The first kappa shape index (κ1) is 19.5. The van der Waals surface area contributed by atoms with Gasteiger partial charge in [0.15, 0.2) is 0 Å². The van der Waals surface area contributed by atoms with Crippen LogP contribution in [-0.4, -0.2) is 83.7 Å². The monoisotopic (exact) mass is 385 g/mol. The van der Waals surface area contributed by atoms with E-state index in [1.165, 1.54) is 12.8 Å². The number of piperazine rings is 1. The molecule has 0 N–H and O–H groups in total. The largest absolute Gasteiger partial charge is 0.338 e. The minimum absolute atomic E-state index is 0.206. The number of unbranched alkanes of at least 4 members (excludes halogenated alkanes) is 1. The maximum Gasteiger partial charge on any atom is 0.225 e. The molecule has 1 aromatic heterocycles. The van der Waals surface area contributed by atoms with Crippen LogP contribution in [0.1, 0.15) is 38.5 Å². The molecule has 3 heterocycles. The molecule has 3 fully saturated rings. The van der Waals surface area contributed by atoms with Gasteiger partial charge in [0.25, 0.3) is 0 Å². The minimum Gasteiger partial charge on any atom is -0.338 e. The third-order valence-electron chi connectivity index (χ3n) is 6.76. The molecule has 3 aliphatic rings. The van der Waals surface area contributed by atoms with Gasteiger partial charge in [-0.2, -0.15) is 0 Å². The molecule has 4 rings (SSSR count). The van der Waals surface area contributed by atoms with Crippen molar-refractivity contribution in [1.82, 2.24) is 19.8 Å². The molecule has 7 heteroatoms. The predicted octanol–water partition coefficient (Wildman–Crippen LogP) is 1.39. The van der Waals surface area contributed by atoms with E-state index >= 15 is 0 Å². The maximum absolute atomic E-state index is 12.2. The van der Waals surface area contributed by atoms with E-state index in [0.717, 1.165) is 71.1 Å². The molecule has 0 unspecified atom stereocenters. The van der Waals surface area contributed by atoms with Crippen molar-refractivity contribution in [3.63, 3.8) is 0 Å². The molecule has 2 aliphatic heterocycles. The van der Waals surface area contributed by atoms with Gasteiger partial charge in [-0.15, -0.1) is 0 Å². The van der Waals surface area contributed by atoms with Gasteiger partial charge in [-0.05, 0) is 57.9 Å². The second kappa shape index (κ2) is 8.66. The number of anilines is 1. The summed E-state index contributed by atoms with van der Waals surface area (Å²) in [7, 11) is 0. The van der Waals surface area contributed by atoms with Crippen LogP contribution in [0.5, 0.6) is 0 Å². The van der Waals surface area contributed by atoms with Crippen molar-refractivity contribution >= 4 is 17.5 Å². The first-order valence-corrected chi connectivity index (χ1v) is 10.7. The number of rotatable bonds is 6. The maximum atomic E-state index is 12.2. The Hall–Kier alpha value is -1.86. The summed E-state index contributed by atoms with van der Waals surface area (Å²) in [5, 5.41) is 0. The van der Waals surface area contributed by atoms with Crippen molar-refractivity contribution in [2.45, 2.75) is 38.5 Å². The molecular weight excluding hydrogens is 354 g/mol. The summed E-state index contributed by atoms with van der Waals surface area (Å²) in [6, 6.07) is 1.85. The molecule has 1 spiro atoms. The molecule has 1 saturated carbocycles. The Morgan fingerprint density at radius 2 is 1.32 bits per heavy atom. The Balaban J connectivity index is 1.11. The van der Waals surface area contributed by atoms with Crippen LogP contribution in [0.25, 0.3) is 0 Å². The molecule has 0 bridgehead atoms. The van der Waals surface area contributed by atoms with E-state index in [0.29, 0.717) is 12.8 Å². The number of carbonyl (C=O) groups excluding carboxylic acids is 2. The first-order valence-electron chi connectivity index (χ1n) is 10.7. The van der Waals surface area contributed by atoms with Crippen molar-refractivity contribution in [2.75, 3.05) is 57.3 Å². The molecule has 28 heavy (non-hydrogen) atoms. The minimum atomic E-state index is -0.599. The number of hydrogen-bond donors (Lipinski definition) is 0. The number of likely N-dealkylation sites (tertiary alicyclic amines) is 1. The summed E-state index contributed by atoms with van der Waals surface area (Å²) in [5.41, 5.74) is -0.599. The van der Waals surface area contributed by atoms with E-state index in [-0.39, 0.29) is 11.6 Å². The van der Waals surface area contributed by atoms with Gasteiger partial charge in [-0.3, -0.25) is 14.5 Å². The smallest absolute Gasteiger partial charge is 0.225 e.